The molecule has 0 bridgehead atoms. The van der Waals surface area contributed by atoms with Gasteiger partial charge in [-0.15, -0.1) is 0 Å². The van der Waals surface area contributed by atoms with Crippen LogP contribution in [0, 0.1) is 0 Å². The molecule has 5 heteroatoms. The van der Waals surface area contributed by atoms with Crippen molar-refractivity contribution in [2.24, 2.45) is 0 Å². The SMILES string of the molecule is O=C(NCCOC1CCCC1)[C@H]1C[C@H](O)CN1. The van der Waals surface area contributed by atoms with Crippen LogP contribution in [0.4, 0.5) is 0 Å². The molecule has 3 N–H and O–H groups in total. The van der Waals surface area contributed by atoms with Crippen LogP contribution in [-0.4, -0.2) is 49.0 Å². The summed E-state index contributed by atoms with van der Waals surface area (Å²) >= 11 is 0. The average Bonchev–Trinajstić information content (AvgIpc) is 2.95. The first kappa shape index (κ1) is 12.8. The minimum absolute atomic E-state index is 0.0310. The lowest BCUT2D eigenvalue weighted by atomic mass is 10.2. The smallest absolute Gasteiger partial charge is 0.237 e. The molecule has 2 atom stereocenters. The highest BCUT2D eigenvalue weighted by molar-refractivity contribution is 5.82. The van der Waals surface area contributed by atoms with E-state index in [0.717, 1.165) is 12.8 Å². The number of carbonyl (C=O) groups is 1. The maximum Gasteiger partial charge on any atom is 0.237 e. The first-order chi connectivity index (χ1) is 8.25. The van der Waals surface area contributed by atoms with Gasteiger partial charge in [0.1, 0.15) is 0 Å². The van der Waals surface area contributed by atoms with Gasteiger partial charge in [-0.05, 0) is 19.3 Å². The lowest BCUT2D eigenvalue weighted by molar-refractivity contribution is -0.123. The Morgan fingerprint density at radius 3 is 2.82 bits per heavy atom. The van der Waals surface area contributed by atoms with E-state index in [1.54, 1.807) is 0 Å². The van der Waals surface area contributed by atoms with Gasteiger partial charge in [-0.2, -0.15) is 0 Å². The Hall–Kier alpha value is -0.650. The first-order valence-electron chi connectivity index (χ1n) is 6.56. The van der Waals surface area contributed by atoms with Crippen LogP contribution in [0.25, 0.3) is 0 Å². The van der Waals surface area contributed by atoms with Crippen LogP contribution >= 0.6 is 0 Å². The number of nitrogens with one attached hydrogen (secondary N) is 2. The summed E-state index contributed by atoms with van der Waals surface area (Å²) in [4.78, 5) is 11.6. The summed E-state index contributed by atoms with van der Waals surface area (Å²) in [6, 6.07) is -0.239. The van der Waals surface area contributed by atoms with Crippen molar-refractivity contribution in [3.05, 3.63) is 0 Å². The number of aliphatic hydroxyl groups excluding tert-OH is 1. The second kappa shape index (κ2) is 6.33. The molecule has 0 radical (unpaired) electrons. The average molecular weight is 242 g/mol. The second-order valence-electron chi connectivity index (χ2n) is 4.92. The standard InChI is InChI=1S/C12H22N2O3/c15-9-7-11(14-8-9)12(16)13-5-6-17-10-3-1-2-4-10/h9-11,14-15H,1-8H2,(H,13,16)/t9-,11+/m0/s1. The van der Waals surface area contributed by atoms with Gasteiger partial charge in [-0.1, -0.05) is 12.8 Å². The molecule has 1 aliphatic carbocycles. The summed E-state index contributed by atoms with van der Waals surface area (Å²) in [7, 11) is 0. The summed E-state index contributed by atoms with van der Waals surface area (Å²) in [5, 5.41) is 15.1. The highest BCUT2D eigenvalue weighted by atomic mass is 16.5. The number of rotatable bonds is 5. The van der Waals surface area contributed by atoms with Crippen molar-refractivity contribution in [3.8, 4) is 0 Å². The fraction of sp³-hybridized carbons (Fsp3) is 0.917. The summed E-state index contributed by atoms with van der Waals surface area (Å²) in [6.07, 6.45) is 5.37. The molecule has 0 spiro atoms. The zero-order chi connectivity index (χ0) is 12.1. The zero-order valence-electron chi connectivity index (χ0n) is 10.2. The van der Waals surface area contributed by atoms with E-state index in [9.17, 15) is 9.90 Å². The minimum atomic E-state index is -0.388. The van der Waals surface area contributed by atoms with Crippen LogP contribution in [0.5, 0.6) is 0 Å². The molecule has 0 unspecified atom stereocenters. The van der Waals surface area contributed by atoms with Gasteiger partial charge in [0.25, 0.3) is 0 Å². The van der Waals surface area contributed by atoms with E-state index in [4.69, 9.17) is 4.74 Å². The highest BCUT2D eigenvalue weighted by Crippen LogP contribution is 2.20. The lowest BCUT2D eigenvalue weighted by Crippen LogP contribution is -2.41. The first-order valence-corrected chi connectivity index (χ1v) is 6.56. The predicted molar refractivity (Wildman–Crippen MR) is 63.6 cm³/mol. The summed E-state index contributed by atoms with van der Waals surface area (Å²) in [5.74, 6) is -0.0310. The van der Waals surface area contributed by atoms with E-state index >= 15 is 0 Å². The molecule has 2 aliphatic rings. The molecule has 1 amide bonds. The van der Waals surface area contributed by atoms with Crippen LogP contribution in [0.15, 0.2) is 0 Å². The van der Waals surface area contributed by atoms with Crippen molar-refractivity contribution in [2.45, 2.75) is 50.4 Å². The van der Waals surface area contributed by atoms with Gasteiger partial charge >= 0.3 is 0 Å². The predicted octanol–water partition coefficient (Wildman–Crippen LogP) is -0.215. The molecule has 1 aliphatic heterocycles. The Kier molecular flexibility index (Phi) is 4.76. The van der Waals surface area contributed by atoms with Crippen molar-refractivity contribution in [2.75, 3.05) is 19.7 Å². The molecule has 0 aromatic rings. The number of hydrogen-bond donors (Lipinski definition) is 3. The van der Waals surface area contributed by atoms with Crippen LogP contribution in [0.1, 0.15) is 32.1 Å². The molecule has 98 valence electrons. The Labute approximate surface area is 102 Å². The van der Waals surface area contributed by atoms with E-state index in [2.05, 4.69) is 10.6 Å². The summed E-state index contributed by atoms with van der Waals surface area (Å²) in [6.45, 7) is 1.66. The molecule has 1 saturated heterocycles. The molecule has 2 fully saturated rings. The van der Waals surface area contributed by atoms with E-state index in [0.29, 0.717) is 32.2 Å². The van der Waals surface area contributed by atoms with Crippen molar-refractivity contribution >= 4 is 5.91 Å². The molecule has 5 nitrogen and oxygen atoms in total. The van der Waals surface area contributed by atoms with Gasteiger partial charge in [0, 0.05) is 13.1 Å². The molecule has 17 heavy (non-hydrogen) atoms. The fourth-order valence-electron chi connectivity index (χ4n) is 2.49. The summed E-state index contributed by atoms with van der Waals surface area (Å²) in [5.41, 5.74) is 0. The Morgan fingerprint density at radius 2 is 2.18 bits per heavy atom. The Morgan fingerprint density at radius 1 is 1.41 bits per heavy atom. The van der Waals surface area contributed by atoms with Crippen molar-refractivity contribution in [1.82, 2.24) is 10.6 Å². The second-order valence-corrected chi connectivity index (χ2v) is 4.92. The number of carbonyl (C=O) groups excluding carboxylic acids is 1. The van der Waals surface area contributed by atoms with E-state index in [1.807, 2.05) is 0 Å². The fourth-order valence-corrected chi connectivity index (χ4v) is 2.49. The number of β-amino-alcohol motifs (C(OH)–C–C–N with tert-alkyl or cyclic N) is 1. The number of hydrogen-bond acceptors (Lipinski definition) is 4. The lowest BCUT2D eigenvalue weighted by Gasteiger charge is -2.13. The van der Waals surface area contributed by atoms with Crippen molar-refractivity contribution in [1.29, 1.82) is 0 Å². The van der Waals surface area contributed by atoms with Gasteiger partial charge in [0.15, 0.2) is 0 Å². The number of amides is 1. The molecule has 2 rings (SSSR count). The summed E-state index contributed by atoms with van der Waals surface area (Å²) < 4.78 is 5.65. The van der Waals surface area contributed by atoms with Gasteiger partial charge in [0.2, 0.25) is 5.91 Å². The molecular formula is C12H22N2O3. The zero-order valence-corrected chi connectivity index (χ0v) is 10.2. The van der Waals surface area contributed by atoms with Crippen LogP contribution in [0.3, 0.4) is 0 Å². The maximum absolute atomic E-state index is 11.6. The third kappa shape index (κ3) is 3.94. The van der Waals surface area contributed by atoms with Gasteiger partial charge in [0.05, 0.1) is 24.9 Å². The normalized spacial score (nSPS) is 29.7. The Balaban J connectivity index is 1.53. The highest BCUT2D eigenvalue weighted by Gasteiger charge is 2.27. The van der Waals surface area contributed by atoms with Crippen molar-refractivity contribution < 1.29 is 14.6 Å². The maximum atomic E-state index is 11.6. The van der Waals surface area contributed by atoms with E-state index < -0.39 is 0 Å². The Bertz CT molecular complexity index is 254. The number of ether oxygens (including phenoxy) is 1. The van der Waals surface area contributed by atoms with E-state index in [1.165, 1.54) is 12.8 Å². The van der Waals surface area contributed by atoms with Crippen LogP contribution < -0.4 is 10.6 Å². The molecule has 1 saturated carbocycles. The van der Waals surface area contributed by atoms with Gasteiger partial charge in [-0.25, -0.2) is 0 Å². The van der Waals surface area contributed by atoms with Gasteiger partial charge in [-0.3, -0.25) is 4.79 Å². The third-order valence-corrected chi connectivity index (χ3v) is 3.48. The van der Waals surface area contributed by atoms with E-state index in [-0.39, 0.29) is 18.1 Å². The molecule has 1 heterocycles. The van der Waals surface area contributed by atoms with Crippen molar-refractivity contribution in [3.63, 3.8) is 0 Å². The monoisotopic (exact) mass is 242 g/mol. The third-order valence-electron chi connectivity index (χ3n) is 3.48. The minimum Gasteiger partial charge on any atom is -0.392 e. The molecule has 0 aromatic heterocycles. The topological polar surface area (TPSA) is 70.6 Å². The number of aliphatic hydroxyl groups is 1. The quantitative estimate of drug-likeness (QED) is 0.583. The van der Waals surface area contributed by atoms with Gasteiger partial charge < -0.3 is 20.5 Å². The largest absolute Gasteiger partial charge is 0.392 e. The molecule has 0 aromatic carbocycles. The molecular weight excluding hydrogens is 220 g/mol. The van der Waals surface area contributed by atoms with Crippen LogP contribution in [0.2, 0.25) is 0 Å². The van der Waals surface area contributed by atoms with Crippen LogP contribution in [-0.2, 0) is 9.53 Å².